The van der Waals surface area contributed by atoms with Gasteiger partial charge in [0.05, 0.1) is 38.2 Å². The van der Waals surface area contributed by atoms with Crippen LogP contribution in [0.2, 0.25) is 0 Å². The van der Waals surface area contributed by atoms with Gasteiger partial charge < -0.3 is 14.2 Å². The standard InChI is InChI=1S/C22H20FNO5/c1-13-20(22(26)29-4)17(11-14-6-5-7-15(23)10-14)21(25)24(13)16-8-9-18(27-2)19(12-16)28-3/h5-12H,1-4H3/b17-11-. The molecule has 0 saturated carbocycles. The Morgan fingerprint density at radius 2 is 1.76 bits per heavy atom. The van der Waals surface area contributed by atoms with Crippen LogP contribution in [0.5, 0.6) is 11.5 Å². The Morgan fingerprint density at radius 3 is 2.38 bits per heavy atom. The highest BCUT2D eigenvalue weighted by Gasteiger charge is 2.38. The van der Waals surface area contributed by atoms with E-state index in [1.165, 1.54) is 50.5 Å². The zero-order valence-corrected chi connectivity index (χ0v) is 16.5. The lowest BCUT2D eigenvalue weighted by molar-refractivity contribution is -0.136. The molecule has 0 aliphatic carbocycles. The Labute approximate surface area is 167 Å². The van der Waals surface area contributed by atoms with E-state index in [2.05, 4.69) is 0 Å². The van der Waals surface area contributed by atoms with Crippen LogP contribution in [0.1, 0.15) is 12.5 Å². The number of benzene rings is 2. The maximum Gasteiger partial charge on any atom is 0.340 e. The molecule has 1 heterocycles. The minimum absolute atomic E-state index is 0.120. The van der Waals surface area contributed by atoms with Crippen molar-refractivity contribution in [1.29, 1.82) is 0 Å². The molecule has 0 spiro atoms. The molecule has 0 N–H and O–H groups in total. The largest absolute Gasteiger partial charge is 0.493 e. The summed E-state index contributed by atoms with van der Waals surface area (Å²) in [6.07, 6.45) is 1.47. The van der Waals surface area contributed by atoms with Gasteiger partial charge in [0.1, 0.15) is 5.82 Å². The SMILES string of the molecule is COC(=O)C1=C(C)N(c2ccc(OC)c(OC)c2)C(=O)/C1=C\c1cccc(F)c1. The zero-order valence-electron chi connectivity index (χ0n) is 16.5. The molecule has 1 aliphatic rings. The second-order valence-electron chi connectivity index (χ2n) is 6.24. The smallest absolute Gasteiger partial charge is 0.340 e. The fraction of sp³-hybridized carbons (Fsp3) is 0.182. The molecule has 2 aromatic carbocycles. The number of halogens is 1. The molecule has 6 nitrogen and oxygen atoms in total. The van der Waals surface area contributed by atoms with Crippen LogP contribution in [-0.2, 0) is 14.3 Å². The van der Waals surface area contributed by atoms with Crippen molar-refractivity contribution >= 4 is 23.6 Å². The number of methoxy groups -OCH3 is 3. The summed E-state index contributed by atoms with van der Waals surface area (Å²) in [7, 11) is 4.25. The molecule has 0 atom stereocenters. The van der Waals surface area contributed by atoms with Crippen LogP contribution < -0.4 is 14.4 Å². The number of ether oxygens (including phenoxy) is 3. The van der Waals surface area contributed by atoms with Gasteiger partial charge in [-0.1, -0.05) is 12.1 Å². The van der Waals surface area contributed by atoms with Crippen molar-refractivity contribution in [2.24, 2.45) is 0 Å². The topological polar surface area (TPSA) is 65.1 Å². The average molecular weight is 397 g/mol. The van der Waals surface area contributed by atoms with Crippen molar-refractivity contribution in [3.8, 4) is 11.5 Å². The van der Waals surface area contributed by atoms with E-state index in [0.29, 0.717) is 28.4 Å². The summed E-state index contributed by atoms with van der Waals surface area (Å²) in [5.41, 5.74) is 1.59. The van der Waals surface area contributed by atoms with Crippen LogP contribution in [0.3, 0.4) is 0 Å². The van der Waals surface area contributed by atoms with Crippen molar-refractivity contribution in [3.05, 3.63) is 70.7 Å². The summed E-state index contributed by atoms with van der Waals surface area (Å²) in [6.45, 7) is 1.65. The number of carbonyl (C=O) groups is 2. The quantitative estimate of drug-likeness (QED) is 0.568. The van der Waals surface area contributed by atoms with Gasteiger partial charge in [-0.15, -0.1) is 0 Å². The lowest BCUT2D eigenvalue weighted by Crippen LogP contribution is -2.24. The van der Waals surface area contributed by atoms with E-state index < -0.39 is 17.7 Å². The minimum Gasteiger partial charge on any atom is -0.493 e. The fourth-order valence-corrected chi connectivity index (χ4v) is 3.22. The van der Waals surface area contributed by atoms with Gasteiger partial charge in [0.2, 0.25) is 0 Å². The zero-order chi connectivity index (χ0) is 21.1. The molecule has 29 heavy (non-hydrogen) atoms. The molecule has 1 aliphatic heterocycles. The first-order valence-electron chi connectivity index (χ1n) is 8.74. The first-order chi connectivity index (χ1) is 13.9. The maximum atomic E-state index is 13.6. The van der Waals surface area contributed by atoms with Gasteiger partial charge in [0.15, 0.2) is 11.5 Å². The number of hydrogen-bond donors (Lipinski definition) is 0. The van der Waals surface area contributed by atoms with Gasteiger partial charge in [0, 0.05) is 11.8 Å². The summed E-state index contributed by atoms with van der Waals surface area (Å²) in [6, 6.07) is 10.7. The number of esters is 1. The molecule has 3 rings (SSSR count). The van der Waals surface area contributed by atoms with Gasteiger partial charge in [0.25, 0.3) is 5.91 Å². The fourth-order valence-electron chi connectivity index (χ4n) is 3.22. The molecule has 0 unspecified atom stereocenters. The Balaban J connectivity index is 2.14. The molecule has 2 aromatic rings. The second kappa shape index (κ2) is 8.18. The molecule has 0 aromatic heterocycles. The van der Waals surface area contributed by atoms with Crippen LogP contribution in [0.15, 0.2) is 59.3 Å². The maximum absolute atomic E-state index is 13.6. The molecule has 150 valence electrons. The van der Waals surface area contributed by atoms with Gasteiger partial charge >= 0.3 is 5.97 Å². The van der Waals surface area contributed by atoms with Crippen LogP contribution in [0.25, 0.3) is 6.08 Å². The van der Waals surface area contributed by atoms with E-state index in [4.69, 9.17) is 14.2 Å². The molecule has 0 fully saturated rings. The lowest BCUT2D eigenvalue weighted by Gasteiger charge is -2.19. The average Bonchev–Trinajstić information content (AvgIpc) is 2.96. The van der Waals surface area contributed by atoms with Crippen LogP contribution >= 0.6 is 0 Å². The van der Waals surface area contributed by atoms with Crippen molar-refractivity contribution < 1.29 is 28.2 Å². The third kappa shape index (κ3) is 3.71. The number of allylic oxidation sites excluding steroid dienone is 1. The molecule has 1 amide bonds. The van der Waals surface area contributed by atoms with E-state index in [9.17, 15) is 14.0 Å². The molecule has 0 saturated heterocycles. The molecule has 0 bridgehead atoms. The number of carbonyl (C=O) groups excluding carboxylic acids is 2. The highest BCUT2D eigenvalue weighted by molar-refractivity contribution is 6.23. The van der Waals surface area contributed by atoms with Crippen molar-refractivity contribution in [1.82, 2.24) is 0 Å². The molecule has 0 radical (unpaired) electrons. The van der Waals surface area contributed by atoms with Gasteiger partial charge in [-0.2, -0.15) is 0 Å². The predicted molar refractivity (Wildman–Crippen MR) is 106 cm³/mol. The highest BCUT2D eigenvalue weighted by Crippen LogP contribution is 2.39. The van der Waals surface area contributed by atoms with Crippen molar-refractivity contribution in [2.45, 2.75) is 6.92 Å². The summed E-state index contributed by atoms with van der Waals surface area (Å²) in [4.78, 5) is 27.0. The predicted octanol–water partition coefficient (Wildman–Crippen LogP) is 3.72. The van der Waals surface area contributed by atoms with E-state index in [1.807, 2.05) is 0 Å². The van der Waals surface area contributed by atoms with Gasteiger partial charge in [-0.05, 0) is 42.8 Å². The molecule has 7 heteroatoms. The Morgan fingerprint density at radius 1 is 1.03 bits per heavy atom. The summed E-state index contributed by atoms with van der Waals surface area (Å²) in [5.74, 6) is -0.580. The van der Waals surface area contributed by atoms with Crippen LogP contribution in [0, 0.1) is 5.82 Å². The number of hydrogen-bond acceptors (Lipinski definition) is 5. The Hall–Kier alpha value is -3.61. The van der Waals surface area contributed by atoms with Gasteiger partial charge in [-0.3, -0.25) is 9.69 Å². The summed E-state index contributed by atoms with van der Waals surface area (Å²) >= 11 is 0. The number of rotatable bonds is 5. The lowest BCUT2D eigenvalue weighted by atomic mass is 10.0. The first-order valence-corrected chi connectivity index (χ1v) is 8.74. The van der Waals surface area contributed by atoms with E-state index in [0.717, 1.165) is 0 Å². The van der Waals surface area contributed by atoms with Crippen LogP contribution in [-0.4, -0.2) is 33.2 Å². The Kier molecular flexibility index (Phi) is 5.68. The summed E-state index contributed by atoms with van der Waals surface area (Å²) < 4.78 is 29.0. The number of nitrogens with zero attached hydrogens (tertiary/aromatic N) is 1. The molecular weight excluding hydrogens is 377 g/mol. The van der Waals surface area contributed by atoms with Crippen molar-refractivity contribution in [2.75, 3.05) is 26.2 Å². The van der Waals surface area contributed by atoms with Gasteiger partial charge in [-0.25, -0.2) is 9.18 Å². The second-order valence-corrected chi connectivity index (χ2v) is 6.24. The third-order valence-corrected chi connectivity index (χ3v) is 4.57. The van der Waals surface area contributed by atoms with Crippen LogP contribution in [0.4, 0.5) is 10.1 Å². The monoisotopic (exact) mass is 397 g/mol. The van der Waals surface area contributed by atoms with E-state index in [1.54, 1.807) is 31.2 Å². The third-order valence-electron chi connectivity index (χ3n) is 4.57. The normalized spacial score (nSPS) is 15.1. The highest BCUT2D eigenvalue weighted by atomic mass is 19.1. The first kappa shape index (κ1) is 20.1. The van der Waals surface area contributed by atoms with E-state index >= 15 is 0 Å². The minimum atomic E-state index is -0.651. The number of amides is 1. The van der Waals surface area contributed by atoms with Crippen molar-refractivity contribution in [3.63, 3.8) is 0 Å². The Bertz CT molecular complexity index is 1040. The number of anilines is 1. The molecular formula is C22H20FNO5. The summed E-state index contributed by atoms with van der Waals surface area (Å²) in [5, 5.41) is 0. The van der Waals surface area contributed by atoms with E-state index in [-0.39, 0.29) is 11.1 Å².